The summed E-state index contributed by atoms with van der Waals surface area (Å²) in [6.07, 6.45) is 3.13. The van der Waals surface area contributed by atoms with E-state index in [9.17, 15) is 5.11 Å². The maximum absolute atomic E-state index is 9.63. The van der Waals surface area contributed by atoms with Crippen LogP contribution in [-0.4, -0.2) is 24.4 Å². The van der Waals surface area contributed by atoms with Crippen LogP contribution < -0.4 is 4.74 Å². The monoisotopic (exact) mass is 236 g/mol. The molecule has 1 N–H and O–H groups in total. The molecule has 0 aliphatic carbocycles. The van der Waals surface area contributed by atoms with E-state index in [4.69, 9.17) is 9.47 Å². The van der Waals surface area contributed by atoms with Crippen molar-refractivity contribution in [3.05, 3.63) is 29.8 Å². The third-order valence-corrected chi connectivity index (χ3v) is 3.07. The molecule has 1 unspecified atom stereocenters. The summed E-state index contributed by atoms with van der Waals surface area (Å²) in [6, 6.07) is 7.61. The average Bonchev–Trinajstić information content (AvgIpc) is 2.38. The van der Waals surface area contributed by atoms with Gasteiger partial charge in [-0.2, -0.15) is 0 Å². The first kappa shape index (κ1) is 12.4. The maximum Gasteiger partial charge on any atom is 0.125 e. The normalized spacial score (nSPS) is 22.1. The van der Waals surface area contributed by atoms with Gasteiger partial charge >= 0.3 is 0 Å². The molecule has 1 aromatic carbocycles. The van der Waals surface area contributed by atoms with Gasteiger partial charge in [0.1, 0.15) is 12.4 Å². The fraction of sp³-hybridized carbons (Fsp3) is 0.571. The van der Waals surface area contributed by atoms with Gasteiger partial charge in [0.15, 0.2) is 0 Å². The Morgan fingerprint density at radius 2 is 2.24 bits per heavy atom. The van der Waals surface area contributed by atoms with Gasteiger partial charge in [0.05, 0.1) is 12.2 Å². The smallest absolute Gasteiger partial charge is 0.125 e. The number of benzene rings is 1. The molecule has 1 saturated heterocycles. The first-order valence-electron chi connectivity index (χ1n) is 6.29. The van der Waals surface area contributed by atoms with Gasteiger partial charge in [-0.1, -0.05) is 18.2 Å². The molecule has 0 saturated carbocycles. The van der Waals surface area contributed by atoms with Gasteiger partial charge in [0.2, 0.25) is 0 Å². The summed E-state index contributed by atoms with van der Waals surface area (Å²) >= 11 is 0. The predicted molar refractivity (Wildman–Crippen MR) is 66.2 cm³/mol. The van der Waals surface area contributed by atoms with E-state index in [0.29, 0.717) is 6.61 Å². The number of hydrogen-bond donors (Lipinski definition) is 1. The third-order valence-electron chi connectivity index (χ3n) is 3.07. The van der Waals surface area contributed by atoms with E-state index in [1.54, 1.807) is 6.92 Å². The van der Waals surface area contributed by atoms with Gasteiger partial charge in [0.25, 0.3) is 0 Å². The van der Waals surface area contributed by atoms with Crippen LogP contribution in [0.5, 0.6) is 5.75 Å². The molecule has 1 fully saturated rings. The minimum Gasteiger partial charge on any atom is -0.490 e. The predicted octanol–water partition coefficient (Wildman–Crippen LogP) is 2.69. The van der Waals surface area contributed by atoms with E-state index in [0.717, 1.165) is 30.8 Å². The summed E-state index contributed by atoms with van der Waals surface area (Å²) in [4.78, 5) is 0. The van der Waals surface area contributed by atoms with Crippen molar-refractivity contribution in [3.8, 4) is 5.75 Å². The van der Waals surface area contributed by atoms with E-state index < -0.39 is 6.10 Å². The highest BCUT2D eigenvalue weighted by molar-refractivity contribution is 5.34. The second-order valence-electron chi connectivity index (χ2n) is 4.51. The highest BCUT2D eigenvalue weighted by Gasteiger charge is 2.15. The Balaban J connectivity index is 1.93. The summed E-state index contributed by atoms with van der Waals surface area (Å²) < 4.78 is 11.4. The molecule has 3 heteroatoms. The molecule has 0 amide bonds. The number of para-hydroxylation sites is 1. The van der Waals surface area contributed by atoms with E-state index in [1.165, 1.54) is 6.42 Å². The van der Waals surface area contributed by atoms with Crippen LogP contribution in [0, 0.1) is 0 Å². The molecule has 2 atom stereocenters. The number of aliphatic hydroxyl groups excluding tert-OH is 1. The highest BCUT2D eigenvalue weighted by atomic mass is 16.5. The van der Waals surface area contributed by atoms with E-state index in [1.807, 2.05) is 24.3 Å². The van der Waals surface area contributed by atoms with Crippen molar-refractivity contribution in [1.29, 1.82) is 0 Å². The average molecular weight is 236 g/mol. The van der Waals surface area contributed by atoms with Gasteiger partial charge < -0.3 is 14.6 Å². The van der Waals surface area contributed by atoms with Crippen LogP contribution >= 0.6 is 0 Å². The van der Waals surface area contributed by atoms with Crippen LogP contribution in [0.4, 0.5) is 0 Å². The summed E-state index contributed by atoms with van der Waals surface area (Å²) in [5.41, 5.74) is 0.836. The zero-order valence-electron chi connectivity index (χ0n) is 10.3. The Kier molecular flexibility index (Phi) is 4.40. The first-order chi connectivity index (χ1) is 8.27. The van der Waals surface area contributed by atoms with Crippen LogP contribution in [0.3, 0.4) is 0 Å². The largest absolute Gasteiger partial charge is 0.490 e. The molecule has 2 rings (SSSR count). The topological polar surface area (TPSA) is 38.7 Å². The van der Waals surface area contributed by atoms with Gasteiger partial charge in [0, 0.05) is 12.2 Å². The van der Waals surface area contributed by atoms with Crippen LogP contribution in [-0.2, 0) is 4.74 Å². The zero-order chi connectivity index (χ0) is 12.1. The van der Waals surface area contributed by atoms with Crippen molar-refractivity contribution in [2.24, 2.45) is 0 Å². The van der Waals surface area contributed by atoms with Crippen molar-refractivity contribution in [3.63, 3.8) is 0 Å². The quantitative estimate of drug-likeness (QED) is 0.873. The van der Waals surface area contributed by atoms with E-state index in [-0.39, 0.29) is 6.10 Å². The van der Waals surface area contributed by atoms with Crippen LogP contribution in [0.15, 0.2) is 24.3 Å². The molecule has 1 aliphatic rings. The molecule has 3 nitrogen and oxygen atoms in total. The van der Waals surface area contributed by atoms with Gasteiger partial charge in [-0.25, -0.2) is 0 Å². The Morgan fingerprint density at radius 1 is 1.41 bits per heavy atom. The Bertz CT molecular complexity index is 343. The Labute approximate surface area is 102 Å². The van der Waals surface area contributed by atoms with Crippen molar-refractivity contribution in [1.82, 2.24) is 0 Å². The van der Waals surface area contributed by atoms with Gasteiger partial charge in [-0.15, -0.1) is 0 Å². The maximum atomic E-state index is 9.63. The lowest BCUT2D eigenvalue weighted by Gasteiger charge is -2.23. The van der Waals surface area contributed by atoms with Gasteiger partial charge in [-0.3, -0.25) is 0 Å². The molecule has 0 bridgehead atoms. The lowest BCUT2D eigenvalue weighted by molar-refractivity contribution is -0.0116. The highest BCUT2D eigenvalue weighted by Crippen LogP contribution is 2.25. The van der Waals surface area contributed by atoms with E-state index >= 15 is 0 Å². The standard InChI is InChI=1S/C14H20O3/c1-11(15)13-7-2-3-8-14(13)17-10-12-6-4-5-9-16-12/h2-3,7-8,11-12,15H,4-6,9-10H2,1H3/t11-,12?/m0/s1. The van der Waals surface area contributed by atoms with Crippen molar-refractivity contribution < 1.29 is 14.6 Å². The number of aliphatic hydroxyl groups is 1. The minimum absolute atomic E-state index is 0.200. The zero-order valence-corrected chi connectivity index (χ0v) is 10.3. The summed E-state index contributed by atoms with van der Waals surface area (Å²) in [6.45, 7) is 3.16. The molecule has 0 radical (unpaired) electrons. The minimum atomic E-state index is -0.501. The van der Waals surface area contributed by atoms with Crippen LogP contribution in [0.25, 0.3) is 0 Å². The third kappa shape index (κ3) is 3.45. The van der Waals surface area contributed by atoms with Crippen molar-refractivity contribution in [2.45, 2.75) is 38.4 Å². The number of hydrogen-bond acceptors (Lipinski definition) is 3. The molecular weight excluding hydrogens is 216 g/mol. The second-order valence-corrected chi connectivity index (χ2v) is 4.51. The lowest BCUT2D eigenvalue weighted by atomic mass is 10.1. The number of rotatable bonds is 4. The van der Waals surface area contributed by atoms with Gasteiger partial charge in [-0.05, 0) is 32.3 Å². The molecule has 1 heterocycles. The number of ether oxygens (including phenoxy) is 2. The Hall–Kier alpha value is -1.06. The first-order valence-corrected chi connectivity index (χ1v) is 6.29. The van der Waals surface area contributed by atoms with Crippen LogP contribution in [0.1, 0.15) is 37.9 Å². The summed E-state index contributed by atoms with van der Waals surface area (Å²) in [5, 5.41) is 9.63. The summed E-state index contributed by atoms with van der Waals surface area (Å²) in [5.74, 6) is 0.761. The molecule has 1 aliphatic heterocycles. The molecule has 1 aromatic rings. The lowest BCUT2D eigenvalue weighted by Crippen LogP contribution is -2.26. The summed E-state index contributed by atoms with van der Waals surface area (Å²) in [7, 11) is 0. The fourth-order valence-electron chi connectivity index (χ4n) is 2.08. The molecule has 94 valence electrons. The van der Waals surface area contributed by atoms with Crippen molar-refractivity contribution >= 4 is 0 Å². The molecule has 0 spiro atoms. The molecular formula is C14H20O3. The molecule has 17 heavy (non-hydrogen) atoms. The fourth-order valence-corrected chi connectivity index (χ4v) is 2.08. The van der Waals surface area contributed by atoms with E-state index in [2.05, 4.69) is 0 Å². The van der Waals surface area contributed by atoms with Crippen LogP contribution in [0.2, 0.25) is 0 Å². The molecule has 0 aromatic heterocycles. The second kappa shape index (κ2) is 6.03. The Morgan fingerprint density at radius 3 is 2.94 bits per heavy atom. The van der Waals surface area contributed by atoms with Crippen molar-refractivity contribution in [2.75, 3.05) is 13.2 Å². The SMILES string of the molecule is C[C@H](O)c1ccccc1OCC1CCCCO1.